The zero-order valence-corrected chi connectivity index (χ0v) is 13.2. The molecule has 23 heavy (non-hydrogen) atoms. The molecule has 6 nitrogen and oxygen atoms in total. The topological polar surface area (TPSA) is 76.1 Å². The molecule has 1 amide bonds. The second-order valence-corrected chi connectivity index (χ2v) is 5.30. The lowest BCUT2D eigenvalue weighted by molar-refractivity contribution is -0.146. The summed E-state index contributed by atoms with van der Waals surface area (Å²) in [5, 5.41) is 9.07. The van der Waals surface area contributed by atoms with Gasteiger partial charge in [0.2, 0.25) is 0 Å². The number of carboxylic acids is 1. The Morgan fingerprint density at radius 1 is 1.35 bits per heavy atom. The number of rotatable bonds is 7. The number of methoxy groups -OCH3 is 2. The molecule has 1 aliphatic heterocycles. The number of halogens is 1. The zero-order chi connectivity index (χ0) is 17.0. The van der Waals surface area contributed by atoms with E-state index in [1.54, 1.807) is 6.07 Å². The van der Waals surface area contributed by atoms with E-state index >= 15 is 0 Å². The maximum atomic E-state index is 12.5. The van der Waals surface area contributed by atoms with E-state index in [9.17, 15) is 14.0 Å². The Labute approximate surface area is 133 Å². The highest BCUT2D eigenvalue weighted by Gasteiger charge is 2.38. The lowest BCUT2D eigenvalue weighted by Crippen LogP contribution is -2.55. The van der Waals surface area contributed by atoms with Crippen LogP contribution in [0.3, 0.4) is 0 Å². The van der Waals surface area contributed by atoms with E-state index in [1.165, 1.54) is 25.2 Å². The maximum Gasteiger partial charge on any atom is 0.326 e. The fourth-order valence-electron chi connectivity index (χ4n) is 2.66. The molecule has 0 aromatic heterocycles. The van der Waals surface area contributed by atoms with Crippen LogP contribution in [-0.2, 0) is 11.2 Å². The Hall–Kier alpha value is -2.31. The van der Waals surface area contributed by atoms with Crippen LogP contribution in [0.4, 0.5) is 4.39 Å². The van der Waals surface area contributed by atoms with Crippen LogP contribution in [0.25, 0.3) is 0 Å². The van der Waals surface area contributed by atoms with Gasteiger partial charge in [0.25, 0.3) is 5.91 Å². The van der Waals surface area contributed by atoms with Crippen molar-refractivity contribution < 1.29 is 28.6 Å². The van der Waals surface area contributed by atoms with Crippen molar-refractivity contribution in [1.29, 1.82) is 0 Å². The summed E-state index contributed by atoms with van der Waals surface area (Å²) in [6.07, 6.45) is 1.15. The molecule has 0 bridgehead atoms. The minimum Gasteiger partial charge on any atom is -0.493 e. The van der Waals surface area contributed by atoms with Crippen molar-refractivity contribution in [2.45, 2.75) is 25.3 Å². The normalized spacial score (nSPS) is 16.7. The summed E-state index contributed by atoms with van der Waals surface area (Å²) in [5.74, 6) is -0.538. The van der Waals surface area contributed by atoms with Crippen molar-refractivity contribution in [1.82, 2.24) is 4.90 Å². The van der Waals surface area contributed by atoms with Gasteiger partial charge in [-0.15, -0.1) is 0 Å². The average molecular weight is 325 g/mol. The highest BCUT2D eigenvalue weighted by molar-refractivity contribution is 5.98. The van der Waals surface area contributed by atoms with E-state index in [-0.39, 0.29) is 5.91 Å². The summed E-state index contributed by atoms with van der Waals surface area (Å²) in [4.78, 5) is 24.9. The molecule has 1 heterocycles. The molecule has 1 atom stereocenters. The molecule has 1 N–H and O–H groups in total. The van der Waals surface area contributed by atoms with Crippen molar-refractivity contribution in [2.24, 2.45) is 0 Å². The van der Waals surface area contributed by atoms with Crippen molar-refractivity contribution in [3.63, 3.8) is 0 Å². The molecule has 0 unspecified atom stereocenters. The van der Waals surface area contributed by atoms with Gasteiger partial charge in [-0.1, -0.05) is 0 Å². The Morgan fingerprint density at radius 3 is 2.57 bits per heavy atom. The lowest BCUT2D eigenvalue weighted by atomic mass is 9.99. The molecule has 1 saturated heterocycles. The lowest BCUT2D eigenvalue weighted by Gasteiger charge is -2.38. The zero-order valence-electron chi connectivity index (χ0n) is 13.2. The van der Waals surface area contributed by atoms with E-state index in [0.29, 0.717) is 48.4 Å². The number of carbonyl (C=O) groups excluding carboxylic acids is 1. The monoisotopic (exact) mass is 325 g/mol. The molecule has 1 aliphatic rings. The van der Waals surface area contributed by atoms with Crippen molar-refractivity contribution >= 4 is 11.9 Å². The van der Waals surface area contributed by atoms with E-state index < -0.39 is 18.7 Å². The van der Waals surface area contributed by atoms with Gasteiger partial charge >= 0.3 is 5.97 Å². The van der Waals surface area contributed by atoms with E-state index in [2.05, 4.69) is 0 Å². The molecular weight excluding hydrogens is 305 g/mol. The van der Waals surface area contributed by atoms with Gasteiger partial charge in [-0.05, 0) is 37.0 Å². The predicted molar refractivity (Wildman–Crippen MR) is 80.9 cm³/mol. The summed E-state index contributed by atoms with van der Waals surface area (Å²) in [6, 6.07) is 2.36. The number of aliphatic carboxylic acids is 1. The number of hydrogen-bond acceptors (Lipinski definition) is 4. The standard InChI is InChI=1S/C16H20FNO5/c1-22-13-9-11(8-10(4-3-6-17)14(13)23-2)15(19)18-7-5-12(18)16(20)21/h8-9,12H,3-7H2,1-2H3,(H,20,21)/t12-/m1/s1. The quantitative estimate of drug-likeness (QED) is 0.829. The minimum absolute atomic E-state index is 0.304. The average Bonchev–Trinajstić information content (AvgIpc) is 2.49. The van der Waals surface area contributed by atoms with Gasteiger partial charge in [-0.25, -0.2) is 4.79 Å². The molecule has 0 radical (unpaired) electrons. The number of benzene rings is 1. The third kappa shape index (κ3) is 3.38. The molecule has 126 valence electrons. The van der Waals surface area contributed by atoms with Gasteiger partial charge < -0.3 is 19.5 Å². The van der Waals surface area contributed by atoms with Crippen LogP contribution < -0.4 is 9.47 Å². The van der Waals surface area contributed by atoms with Crippen LogP contribution in [0.1, 0.15) is 28.8 Å². The van der Waals surface area contributed by atoms with Gasteiger partial charge in [0.15, 0.2) is 11.5 Å². The number of nitrogens with zero attached hydrogens (tertiary/aromatic N) is 1. The van der Waals surface area contributed by atoms with Crippen molar-refractivity contribution in [3.05, 3.63) is 23.3 Å². The minimum atomic E-state index is -1.01. The number of aryl methyl sites for hydroxylation is 1. The molecule has 2 rings (SSSR count). The Balaban J connectivity index is 2.34. The van der Waals surface area contributed by atoms with Crippen LogP contribution in [-0.4, -0.2) is 55.4 Å². The molecule has 0 spiro atoms. The third-order valence-corrected chi connectivity index (χ3v) is 3.95. The van der Waals surface area contributed by atoms with Gasteiger partial charge in [0, 0.05) is 12.1 Å². The Morgan fingerprint density at radius 2 is 2.09 bits per heavy atom. The maximum absolute atomic E-state index is 12.5. The van der Waals surface area contributed by atoms with Crippen LogP contribution in [0.2, 0.25) is 0 Å². The first-order valence-corrected chi connectivity index (χ1v) is 7.38. The summed E-state index contributed by atoms with van der Waals surface area (Å²) in [5.41, 5.74) is 0.989. The first-order valence-electron chi connectivity index (χ1n) is 7.38. The molecule has 0 aliphatic carbocycles. The fraction of sp³-hybridized carbons (Fsp3) is 0.500. The van der Waals surface area contributed by atoms with E-state index in [4.69, 9.17) is 14.6 Å². The SMILES string of the molecule is COc1cc(C(=O)N2CC[C@@H]2C(=O)O)cc(CCCF)c1OC. The number of carboxylic acid groups (broad SMARTS) is 1. The fourth-order valence-corrected chi connectivity index (χ4v) is 2.66. The van der Waals surface area contributed by atoms with Crippen LogP contribution >= 0.6 is 0 Å². The molecule has 1 fully saturated rings. The van der Waals surface area contributed by atoms with E-state index in [1.807, 2.05) is 0 Å². The molecule has 1 aromatic carbocycles. The van der Waals surface area contributed by atoms with Gasteiger partial charge in [0.1, 0.15) is 6.04 Å². The van der Waals surface area contributed by atoms with Crippen molar-refractivity contribution in [2.75, 3.05) is 27.4 Å². The number of carbonyl (C=O) groups is 2. The summed E-state index contributed by atoms with van der Waals surface area (Å²) in [6.45, 7) is -0.0686. The first kappa shape index (κ1) is 17.1. The number of alkyl halides is 1. The third-order valence-electron chi connectivity index (χ3n) is 3.95. The van der Waals surface area contributed by atoms with Gasteiger partial charge in [0.05, 0.1) is 20.9 Å². The van der Waals surface area contributed by atoms with Gasteiger partial charge in [-0.2, -0.15) is 0 Å². The van der Waals surface area contributed by atoms with Crippen LogP contribution in [0.5, 0.6) is 11.5 Å². The number of likely N-dealkylation sites (tertiary alicyclic amines) is 1. The van der Waals surface area contributed by atoms with Crippen LogP contribution in [0, 0.1) is 0 Å². The highest BCUT2D eigenvalue weighted by Crippen LogP contribution is 2.34. The Bertz CT molecular complexity index is 604. The molecule has 1 aromatic rings. The Kier molecular flexibility index (Phi) is 5.41. The summed E-state index contributed by atoms with van der Waals surface area (Å²) >= 11 is 0. The second kappa shape index (κ2) is 7.30. The van der Waals surface area contributed by atoms with E-state index in [0.717, 1.165) is 0 Å². The smallest absolute Gasteiger partial charge is 0.326 e. The second-order valence-electron chi connectivity index (χ2n) is 5.30. The van der Waals surface area contributed by atoms with Crippen LogP contribution in [0.15, 0.2) is 12.1 Å². The molecule has 0 saturated carbocycles. The summed E-state index contributed by atoms with van der Waals surface area (Å²) in [7, 11) is 2.93. The largest absolute Gasteiger partial charge is 0.493 e. The number of ether oxygens (including phenoxy) is 2. The predicted octanol–water partition coefficient (Wildman–Crippen LogP) is 1.91. The number of hydrogen-bond donors (Lipinski definition) is 1. The highest BCUT2D eigenvalue weighted by atomic mass is 19.1. The summed E-state index contributed by atoms with van der Waals surface area (Å²) < 4.78 is 23.0. The molecule has 7 heteroatoms. The number of amides is 1. The van der Waals surface area contributed by atoms with Crippen molar-refractivity contribution in [3.8, 4) is 11.5 Å². The van der Waals surface area contributed by atoms with Gasteiger partial charge in [-0.3, -0.25) is 9.18 Å². The molecular formula is C16H20FNO5. The first-order chi connectivity index (χ1) is 11.0.